The number of benzene rings is 2. The minimum atomic E-state index is -2.89. The Morgan fingerprint density at radius 1 is 1.07 bits per heavy atom. The van der Waals surface area contributed by atoms with Crippen LogP contribution in [0.1, 0.15) is 15.9 Å². The zero-order valence-corrected chi connectivity index (χ0v) is 22.7. The smallest absolute Gasteiger partial charge is 0.387 e. The quantitative estimate of drug-likeness (QED) is 0.184. The maximum absolute atomic E-state index is 13.2. The van der Waals surface area contributed by atoms with Gasteiger partial charge < -0.3 is 30.9 Å². The standard InChI is InChI=1S/C28H29F2N9O3/c1-17-14-19(4-7-21(17)26(41)38-12-10-37(11-13-38)23(40)16-35-28(31)32)36-24-25-34-15-22(39(25)9-8-33-24)18-2-5-20(6-3-18)42-27(29)30/h2-9,14-15,27H,10-13,16H2,1H3,(H,33,36)(H4,31,32,35). The van der Waals surface area contributed by atoms with E-state index in [-0.39, 0.29) is 30.1 Å². The lowest BCUT2D eigenvalue weighted by atomic mass is 10.1. The molecule has 0 saturated carbocycles. The number of amides is 2. The fourth-order valence-corrected chi connectivity index (χ4v) is 4.76. The molecule has 0 radical (unpaired) electrons. The van der Waals surface area contributed by atoms with Crippen LogP contribution < -0.4 is 21.1 Å². The number of aromatic nitrogens is 3. The molecular formula is C28H29F2N9O3. The number of hydrogen-bond donors (Lipinski definition) is 4. The number of nitrogens with zero attached hydrogens (tertiary/aromatic N) is 5. The number of nitrogens with two attached hydrogens (primary N) is 1. The van der Waals surface area contributed by atoms with Crippen molar-refractivity contribution < 1.29 is 23.1 Å². The highest BCUT2D eigenvalue weighted by molar-refractivity contribution is 5.96. The first kappa shape index (κ1) is 28.3. The van der Waals surface area contributed by atoms with Crippen LogP contribution in [0.3, 0.4) is 0 Å². The number of aryl methyl sites for hydroxylation is 1. The molecule has 42 heavy (non-hydrogen) atoms. The number of piperazine rings is 1. The lowest BCUT2D eigenvalue weighted by Crippen LogP contribution is -2.53. The Hall–Kier alpha value is -5.27. The van der Waals surface area contributed by atoms with Crippen LogP contribution in [0.25, 0.3) is 16.9 Å². The summed E-state index contributed by atoms with van der Waals surface area (Å²) < 4.78 is 31.2. The van der Waals surface area contributed by atoms with Crippen molar-refractivity contribution in [1.29, 1.82) is 5.41 Å². The second kappa shape index (κ2) is 12.1. The molecule has 14 heteroatoms. The average molecular weight is 578 g/mol. The molecule has 0 aliphatic carbocycles. The Kier molecular flexibility index (Phi) is 8.13. The molecule has 1 aliphatic rings. The molecule has 0 unspecified atom stereocenters. The van der Waals surface area contributed by atoms with Gasteiger partial charge in [-0.1, -0.05) is 0 Å². The molecule has 12 nitrogen and oxygen atoms in total. The van der Waals surface area contributed by atoms with E-state index in [1.165, 1.54) is 12.1 Å². The maximum Gasteiger partial charge on any atom is 0.387 e. The minimum absolute atomic E-state index is 0.0500. The number of rotatable bonds is 8. The van der Waals surface area contributed by atoms with E-state index in [1.54, 1.807) is 52.7 Å². The van der Waals surface area contributed by atoms with E-state index in [9.17, 15) is 18.4 Å². The Morgan fingerprint density at radius 3 is 2.45 bits per heavy atom. The number of fused-ring (bicyclic) bond motifs is 1. The molecule has 0 atom stereocenters. The van der Waals surface area contributed by atoms with Crippen molar-refractivity contribution in [3.63, 3.8) is 0 Å². The first-order chi connectivity index (χ1) is 20.2. The van der Waals surface area contributed by atoms with E-state index in [2.05, 4.69) is 25.3 Å². The second-order valence-corrected chi connectivity index (χ2v) is 9.61. The molecule has 2 aromatic heterocycles. The summed E-state index contributed by atoms with van der Waals surface area (Å²) in [6.07, 6.45) is 5.05. The number of halogens is 2. The van der Waals surface area contributed by atoms with Gasteiger partial charge in [0.1, 0.15) is 5.75 Å². The van der Waals surface area contributed by atoms with Crippen molar-refractivity contribution in [2.75, 3.05) is 38.0 Å². The third kappa shape index (κ3) is 6.22. The molecule has 0 bridgehead atoms. The van der Waals surface area contributed by atoms with Crippen molar-refractivity contribution in [1.82, 2.24) is 29.5 Å². The zero-order chi connectivity index (χ0) is 29.8. The molecule has 2 aromatic carbocycles. The molecule has 5 N–H and O–H groups in total. The average Bonchev–Trinajstić information content (AvgIpc) is 3.41. The van der Waals surface area contributed by atoms with Gasteiger partial charge in [0.05, 0.1) is 18.4 Å². The number of ether oxygens (including phenoxy) is 1. The lowest BCUT2D eigenvalue weighted by Gasteiger charge is -2.35. The van der Waals surface area contributed by atoms with Gasteiger partial charge in [0, 0.05) is 55.4 Å². The highest BCUT2D eigenvalue weighted by atomic mass is 19.3. The van der Waals surface area contributed by atoms with E-state index in [0.29, 0.717) is 43.2 Å². The summed E-state index contributed by atoms with van der Waals surface area (Å²) in [7, 11) is 0. The molecular weight excluding hydrogens is 548 g/mol. The maximum atomic E-state index is 13.2. The van der Waals surface area contributed by atoms with Gasteiger partial charge in [0.25, 0.3) is 5.91 Å². The summed E-state index contributed by atoms with van der Waals surface area (Å²) in [6.45, 7) is 0.523. The van der Waals surface area contributed by atoms with Gasteiger partial charge >= 0.3 is 6.61 Å². The van der Waals surface area contributed by atoms with Crippen LogP contribution >= 0.6 is 0 Å². The Morgan fingerprint density at radius 2 is 1.79 bits per heavy atom. The topological polar surface area (TPSA) is 154 Å². The van der Waals surface area contributed by atoms with E-state index in [0.717, 1.165) is 22.5 Å². The van der Waals surface area contributed by atoms with Gasteiger partial charge in [-0.2, -0.15) is 8.78 Å². The third-order valence-electron chi connectivity index (χ3n) is 6.87. The fourth-order valence-electron chi connectivity index (χ4n) is 4.76. The summed E-state index contributed by atoms with van der Waals surface area (Å²) in [6, 6.07) is 11.7. The van der Waals surface area contributed by atoms with Crippen molar-refractivity contribution >= 4 is 34.9 Å². The van der Waals surface area contributed by atoms with Gasteiger partial charge in [-0.3, -0.25) is 19.4 Å². The zero-order valence-electron chi connectivity index (χ0n) is 22.7. The van der Waals surface area contributed by atoms with E-state index >= 15 is 0 Å². The molecule has 1 aliphatic heterocycles. The molecule has 0 spiro atoms. The number of anilines is 2. The van der Waals surface area contributed by atoms with Crippen molar-refractivity contribution in [2.24, 2.45) is 5.73 Å². The number of hydrogen-bond acceptors (Lipinski definition) is 7. The summed E-state index contributed by atoms with van der Waals surface area (Å²) in [5, 5.41) is 13.0. The Labute approximate surface area is 239 Å². The predicted octanol–water partition coefficient (Wildman–Crippen LogP) is 2.82. The van der Waals surface area contributed by atoms with Crippen molar-refractivity contribution in [3.05, 3.63) is 72.2 Å². The van der Waals surface area contributed by atoms with E-state index < -0.39 is 6.61 Å². The molecule has 3 heterocycles. The van der Waals surface area contributed by atoms with E-state index in [1.807, 2.05) is 17.4 Å². The summed E-state index contributed by atoms with van der Waals surface area (Å²) in [4.78, 5) is 37.8. The summed E-state index contributed by atoms with van der Waals surface area (Å²) >= 11 is 0. The van der Waals surface area contributed by atoms with Gasteiger partial charge in [-0.05, 0) is 55.0 Å². The van der Waals surface area contributed by atoms with E-state index in [4.69, 9.17) is 11.1 Å². The molecule has 2 amide bonds. The van der Waals surface area contributed by atoms with Gasteiger partial charge in [0.2, 0.25) is 5.91 Å². The van der Waals surface area contributed by atoms with Crippen LogP contribution in [0.2, 0.25) is 0 Å². The van der Waals surface area contributed by atoms with Crippen molar-refractivity contribution in [2.45, 2.75) is 13.5 Å². The van der Waals surface area contributed by atoms with Crippen LogP contribution in [-0.2, 0) is 4.79 Å². The number of alkyl halides is 2. The largest absolute Gasteiger partial charge is 0.435 e. The summed E-state index contributed by atoms with van der Waals surface area (Å²) in [5.41, 5.74) is 9.36. The highest BCUT2D eigenvalue weighted by Crippen LogP contribution is 2.28. The Balaban J connectivity index is 1.26. The van der Waals surface area contributed by atoms with Crippen molar-refractivity contribution in [3.8, 4) is 17.0 Å². The third-order valence-corrected chi connectivity index (χ3v) is 6.87. The monoisotopic (exact) mass is 577 g/mol. The normalized spacial score (nSPS) is 13.3. The summed E-state index contributed by atoms with van der Waals surface area (Å²) in [5.74, 6) is 0.0194. The van der Waals surface area contributed by atoms with Crippen LogP contribution in [0.5, 0.6) is 5.75 Å². The van der Waals surface area contributed by atoms with Gasteiger partial charge in [-0.25, -0.2) is 9.97 Å². The lowest BCUT2D eigenvalue weighted by molar-refractivity contribution is -0.131. The van der Waals surface area contributed by atoms with Crippen LogP contribution in [0.4, 0.5) is 20.3 Å². The highest BCUT2D eigenvalue weighted by Gasteiger charge is 2.25. The molecule has 4 aromatic rings. The minimum Gasteiger partial charge on any atom is -0.435 e. The first-order valence-corrected chi connectivity index (χ1v) is 13.1. The SMILES string of the molecule is Cc1cc(Nc2nccn3c(-c4ccc(OC(F)F)cc4)cnc23)ccc1C(=O)N1CCN(C(=O)CNC(=N)N)CC1. The molecule has 1 fully saturated rings. The Bertz CT molecular complexity index is 1620. The predicted molar refractivity (Wildman–Crippen MR) is 152 cm³/mol. The van der Waals surface area contributed by atoms with Gasteiger partial charge in [-0.15, -0.1) is 0 Å². The number of nitrogens with one attached hydrogen (secondary N) is 3. The molecule has 5 rings (SSSR count). The fraction of sp³-hybridized carbons (Fsp3) is 0.250. The first-order valence-electron chi connectivity index (χ1n) is 13.1. The van der Waals surface area contributed by atoms with Crippen LogP contribution in [0, 0.1) is 12.3 Å². The van der Waals surface area contributed by atoms with Gasteiger partial charge in [0.15, 0.2) is 17.4 Å². The second-order valence-electron chi connectivity index (χ2n) is 9.61. The van der Waals surface area contributed by atoms with Crippen LogP contribution in [0.15, 0.2) is 61.1 Å². The number of carbonyl (C=O) groups excluding carboxylic acids is 2. The molecule has 218 valence electrons. The number of guanidine groups is 1. The van der Waals surface area contributed by atoms with Crippen LogP contribution in [-0.4, -0.2) is 81.3 Å². The number of imidazole rings is 1. The number of carbonyl (C=O) groups is 2. The molecule has 1 saturated heterocycles.